The molecule has 0 saturated carbocycles. The molecule has 0 aromatic heterocycles. The Kier molecular flexibility index (Phi) is 3.99. The van der Waals surface area contributed by atoms with Crippen molar-refractivity contribution in [2.75, 3.05) is 12.4 Å². The first kappa shape index (κ1) is 10.3. The van der Waals surface area contributed by atoms with Crippen LogP contribution in [-0.4, -0.2) is 23.2 Å². The van der Waals surface area contributed by atoms with E-state index >= 15 is 0 Å². The number of aliphatic hydroxyl groups excluding tert-OH is 1. The molecule has 0 atom stereocenters. The molecule has 2 nitrogen and oxygen atoms in total. The first-order chi connectivity index (χ1) is 6.27. The first-order valence-corrected chi connectivity index (χ1v) is 5.13. The van der Waals surface area contributed by atoms with Crippen molar-refractivity contribution in [2.24, 2.45) is 0 Å². The zero-order valence-electron chi connectivity index (χ0n) is 7.49. The molecule has 0 radical (unpaired) electrons. The van der Waals surface area contributed by atoms with E-state index in [9.17, 15) is 4.79 Å². The van der Waals surface area contributed by atoms with Crippen LogP contribution >= 0.6 is 11.8 Å². The molecule has 1 N–H and O–H groups in total. The molecule has 1 aromatic carbocycles. The van der Waals surface area contributed by atoms with Crippen molar-refractivity contribution in [2.45, 2.75) is 11.8 Å². The van der Waals surface area contributed by atoms with Gasteiger partial charge in [-0.05, 0) is 17.9 Å². The van der Waals surface area contributed by atoms with Crippen molar-refractivity contribution >= 4 is 17.5 Å². The summed E-state index contributed by atoms with van der Waals surface area (Å²) in [6.45, 7) is 1.66. The van der Waals surface area contributed by atoms with Gasteiger partial charge in [0.2, 0.25) is 0 Å². The van der Waals surface area contributed by atoms with Gasteiger partial charge in [-0.15, -0.1) is 11.8 Å². The van der Waals surface area contributed by atoms with Gasteiger partial charge in [0, 0.05) is 10.5 Å². The average molecular weight is 196 g/mol. The lowest BCUT2D eigenvalue weighted by Gasteiger charge is -2.00. The summed E-state index contributed by atoms with van der Waals surface area (Å²) in [6, 6.07) is 7.29. The van der Waals surface area contributed by atoms with Crippen molar-refractivity contribution in [1.29, 1.82) is 0 Å². The molecule has 70 valence electrons. The van der Waals surface area contributed by atoms with E-state index in [4.69, 9.17) is 5.11 Å². The zero-order chi connectivity index (χ0) is 9.68. The SMILES string of the molecule is CCSc1ccc(C(=O)CO)cc1. The molecule has 3 heteroatoms. The van der Waals surface area contributed by atoms with Crippen molar-refractivity contribution in [3.05, 3.63) is 29.8 Å². The molecule has 0 bridgehead atoms. The Hall–Kier alpha value is -0.800. The highest BCUT2D eigenvalue weighted by Gasteiger charge is 2.02. The van der Waals surface area contributed by atoms with Gasteiger partial charge in [0.15, 0.2) is 5.78 Å². The maximum Gasteiger partial charge on any atom is 0.188 e. The summed E-state index contributed by atoms with van der Waals surface area (Å²) in [6.07, 6.45) is 0. The van der Waals surface area contributed by atoms with E-state index in [1.165, 1.54) is 0 Å². The van der Waals surface area contributed by atoms with Crippen LogP contribution in [0.25, 0.3) is 0 Å². The molecule has 1 rings (SSSR count). The first-order valence-electron chi connectivity index (χ1n) is 4.15. The number of hydrogen-bond acceptors (Lipinski definition) is 3. The van der Waals surface area contributed by atoms with Crippen LogP contribution in [0.3, 0.4) is 0 Å². The van der Waals surface area contributed by atoms with Crippen LogP contribution in [0, 0.1) is 0 Å². The molecular formula is C10H12O2S. The molecule has 1 aromatic rings. The molecule has 0 unspecified atom stereocenters. The van der Waals surface area contributed by atoms with Gasteiger partial charge in [-0.25, -0.2) is 0 Å². The molecule has 0 spiro atoms. The Morgan fingerprint density at radius 1 is 1.38 bits per heavy atom. The normalized spacial score (nSPS) is 10.0. The number of aliphatic hydroxyl groups is 1. The molecule has 0 saturated heterocycles. The molecule has 0 fully saturated rings. The number of thioether (sulfide) groups is 1. The van der Waals surface area contributed by atoms with Crippen molar-refractivity contribution in [1.82, 2.24) is 0 Å². The van der Waals surface area contributed by atoms with E-state index in [-0.39, 0.29) is 5.78 Å². The Balaban J connectivity index is 2.75. The maximum absolute atomic E-state index is 11.0. The Labute approximate surface area is 82.0 Å². The van der Waals surface area contributed by atoms with Gasteiger partial charge >= 0.3 is 0 Å². The lowest BCUT2D eigenvalue weighted by atomic mass is 10.1. The zero-order valence-corrected chi connectivity index (χ0v) is 8.30. The van der Waals surface area contributed by atoms with Gasteiger partial charge in [0.25, 0.3) is 0 Å². The number of ketones is 1. The van der Waals surface area contributed by atoms with Crippen LogP contribution in [0.15, 0.2) is 29.2 Å². The average Bonchev–Trinajstić information content (AvgIpc) is 2.18. The second-order valence-electron chi connectivity index (χ2n) is 2.54. The van der Waals surface area contributed by atoms with E-state index < -0.39 is 6.61 Å². The van der Waals surface area contributed by atoms with E-state index in [0.717, 1.165) is 10.6 Å². The van der Waals surface area contributed by atoms with E-state index in [2.05, 4.69) is 6.92 Å². The van der Waals surface area contributed by atoms with Gasteiger partial charge in [-0.1, -0.05) is 19.1 Å². The van der Waals surface area contributed by atoms with Gasteiger partial charge in [-0.2, -0.15) is 0 Å². The Morgan fingerprint density at radius 3 is 2.46 bits per heavy atom. The quantitative estimate of drug-likeness (QED) is 0.591. The minimum atomic E-state index is -0.416. The number of carbonyl (C=O) groups is 1. The molecule has 0 aliphatic heterocycles. The smallest absolute Gasteiger partial charge is 0.188 e. The standard InChI is InChI=1S/C10H12O2S/c1-2-13-9-5-3-8(4-6-9)10(12)7-11/h3-6,11H,2,7H2,1H3. The fourth-order valence-corrected chi connectivity index (χ4v) is 1.66. The third-order valence-corrected chi connectivity index (χ3v) is 2.53. The lowest BCUT2D eigenvalue weighted by molar-refractivity contribution is 0.0903. The van der Waals surface area contributed by atoms with Crippen molar-refractivity contribution in [3.63, 3.8) is 0 Å². The van der Waals surface area contributed by atoms with Crippen LogP contribution in [0.4, 0.5) is 0 Å². The molecule has 0 aliphatic carbocycles. The largest absolute Gasteiger partial charge is 0.388 e. The van der Waals surface area contributed by atoms with E-state index in [1.54, 1.807) is 23.9 Å². The Morgan fingerprint density at radius 2 is 2.00 bits per heavy atom. The maximum atomic E-state index is 11.0. The van der Waals surface area contributed by atoms with Crippen LogP contribution in [0.5, 0.6) is 0 Å². The van der Waals surface area contributed by atoms with Gasteiger partial charge < -0.3 is 5.11 Å². The highest BCUT2D eigenvalue weighted by Crippen LogP contribution is 2.17. The summed E-state index contributed by atoms with van der Waals surface area (Å²) >= 11 is 1.73. The van der Waals surface area contributed by atoms with Crippen LogP contribution in [0.1, 0.15) is 17.3 Å². The fourth-order valence-electron chi connectivity index (χ4n) is 0.995. The van der Waals surface area contributed by atoms with Gasteiger partial charge in [0.05, 0.1) is 0 Å². The second-order valence-corrected chi connectivity index (χ2v) is 3.88. The number of rotatable bonds is 4. The highest BCUT2D eigenvalue weighted by molar-refractivity contribution is 7.99. The van der Waals surface area contributed by atoms with Gasteiger partial charge in [0.1, 0.15) is 6.61 Å². The third kappa shape index (κ3) is 2.86. The molecule has 0 aliphatic rings. The molecular weight excluding hydrogens is 184 g/mol. The summed E-state index contributed by atoms with van der Waals surface area (Å²) in [4.78, 5) is 12.2. The molecule has 13 heavy (non-hydrogen) atoms. The summed E-state index contributed by atoms with van der Waals surface area (Å²) in [5.41, 5.74) is 0.572. The summed E-state index contributed by atoms with van der Waals surface area (Å²) in [5.74, 6) is 0.792. The van der Waals surface area contributed by atoms with Gasteiger partial charge in [-0.3, -0.25) is 4.79 Å². The number of Topliss-reactive ketones (excluding diaryl/α,β-unsaturated/α-hetero) is 1. The monoisotopic (exact) mass is 196 g/mol. The van der Waals surface area contributed by atoms with Crippen molar-refractivity contribution in [3.8, 4) is 0 Å². The lowest BCUT2D eigenvalue weighted by Crippen LogP contribution is -2.03. The molecule has 0 heterocycles. The van der Waals surface area contributed by atoms with Crippen LogP contribution in [-0.2, 0) is 0 Å². The summed E-state index contributed by atoms with van der Waals surface area (Å²) < 4.78 is 0. The van der Waals surface area contributed by atoms with Crippen LogP contribution in [0.2, 0.25) is 0 Å². The van der Waals surface area contributed by atoms with Crippen LogP contribution < -0.4 is 0 Å². The number of benzene rings is 1. The van der Waals surface area contributed by atoms with E-state index in [0.29, 0.717) is 5.56 Å². The Bertz CT molecular complexity index is 279. The predicted molar refractivity (Wildman–Crippen MR) is 54.3 cm³/mol. The third-order valence-electron chi connectivity index (χ3n) is 1.63. The second kappa shape index (κ2) is 5.04. The van der Waals surface area contributed by atoms with Crippen molar-refractivity contribution < 1.29 is 9.90 Å². The predicted octanol–water partition coefficient (Wildman–Crippen LogP) is 1.97. The van der Waals surface area contributed by atoms with E-state index in [1.807, 2.05) is 12.1 Å². The minimum Gasteiger partial charge on any atom is -0.388 e. The topological polar surface area (TPSA) is 37.3 Å². The number of carbonyl (C=O) groups excluding carboxylic acids is 1. The fraction of sp³-hybridized carbons (Fsp3) is 0.300. The summed E-state index contributed by atoms with van der Waals surface area (Å²) in [5, 5.41) is 8.61. The minimum absolute atomic E-state index is 0.229. The molecule has 0 amide bonds. The number of hydrogen-bond donors (Lipinski definition) is 1. The summed E-state index contributed by atoms with van der Waals surface area (Å²) in [7, 11) is 0. The highest BCUT2D eigenvalue weighted by atomic mass is 32.2.